The Labute approximate surface area is 94.7 Å². The summed E-state index contributed by atoms with van der Waals surface area (Å²) in [6.45, 7) is 7.81. The minimum Gasteiger partial charge on any atom is -0.396 e. The fourth-order valence-electron chi connectivity index (χ4n) is 1.09. The number of aliphatic hydroxyl groups is 1. The van der Waals surface area contributed by atoms with Gasteiger partial charge < -0.3 is 5.11 Å². The molecule has 1 aliphatic heterocycles. The van der Waals surface area contributed by atoms with Crippen LogP contribution < -0.4 is 0 Å². The van der Waals surface area contributed by atoms with Crippen LogP contribution in [0.3, 0.4) is 0 Å². The van der Waals surface area contributed by atoms with Gasteiger partial charge in [0.25, 0.3) is 0 Å². The number of aliphatic imine (C=N–C) groups is 2. The molecule has 0 atom stereocenters. The molecule has 0 amide bonds. The van der Waals surface area contributed by atoms with Crippen LogP contribution in [0.5, 0.6) is 0 Å². The summed E-state index contributed by atoms with van der Waals surface area (Å²) in [5.41, 5.74) is -0.0581. The zero-order chi connectivity index (χ0) is 11.3. The zero-order valence-corrected chi connectivity index (χ0v) is 9.92. The largest absolute Gasteiger partial charge is 0.396 e. The second kappa shape index (κ2) is 5.28. The first kappa shape index (κ1) is 12.2. The molecule has 3 nitrogen and oxygen atoms in total. The molecule has 82 valence electrons. The highest BCUT2D eigenvalue weighted by molar-refractivity contribution is 8.03. The number of nitrogens with zero attached hydrogens (tertiary/aromatic N) is 2. The molecule has 0 aromatic heterocycles. The second-order valence-electron chi connectivity index (χ2n) is 3.83. The van der Waals surface area contributed by atoms with Crippen LogP contribution in [-0.4, -0.2) is 30.4 Å². The van der Waals surface area contributed by atoms with Crippen molar-refractivity contribution in [2.75, 3.05) is 12.4 Å². The monoisotopic (exact) mass is 224 g/mol. The quantitative estimate of drug-likeness (QED) is 0.744. The van der Waals surface area contributed by atoms with Gasteiger partial charge in [0.1, 0.15) is 0 Å². The molecule has 0 unspecified atom stereocenters. The third kappa shape index (κ3) is 3.64. The molecule has 0 radical (unpaired) electrons. The van der Waals surface area contributed by atoms with E-state index in [9.17, 15) is 0 Å². The lowest BCUT2D eigenvalue weighted by molar-refractivity contribution is 0.322. The Bertz CT molecular complexity index is 329. The first-order chi connectivity index (χ1) is 7.09. The molecule has 0 aliphatic carbocycles. The summed E-state index contributed by atoms with van der Waals surface area (Å²) in [7, 11) is 0. The van der Waals surface area contributed by atoms with Crippen LogP contribution in [-0.2, 0) is 0 Å². The summed E-state index contributed by atoms with van der Waals surface area (Å²) in [4.78, 5) is 9.13. The van der Waals surface area contributed by atoms with Gasteiger partial charge in [0.2, 0.25) is 0 Å². The highest BCUT2D eigenvalue weighted by Gasteiger charge is 2.15. The average molecular weight is 224 g/mol. The zero-order valence-electron chi connectivity index (χ0n) is 9.10. The fourth-order valence-corrected chi connectivity index (χ4v) is 1.81. The van der Waals surface area contributed by atoms with Gasteiger partial charge >= 0.3 is 0 Å². The lowest BCUT2D eigenvalue weighted by Gasteiger charge is -2.10. The van der Waals surface area contributed by atoms with E-state index in [2.05, 4.69) is 36.6 Å². The SMILES string of the molecule is C=NC1=C(SCCO)C=CC(C)(C)C=N1. The van der Waals surface area contributed by atoms with E-state index in [-0.39, 0.29) is 12.0 Å². The van der Waals surface area contributed by atoms with E-state index in [1.165, 1.54) is 11.8 Å². The second-order valence-corrected chi connectivity index (χ2v) is 4.97. The van der Waals surface area contributed by atoms with Crippen molar-refractivity contribution in [3.05, 3.63) is 22.9 Å². The topological polar surface area (TPSA) is 45.0 Å². The maximum absolute atomic E-state index is 8.78. The van der Waals surface area contributed by atoms with Crippen molar-refractivity contribution in [1.82, 2.24) is 0 Å². The summed E-state index contributed by atoms with van der Waals surface area (Å²) in [5.74, 6) is 1.28. The van der Waals surface area contributed by atoms with E-state index in [4.69, 9.17) is 5.11 Å². The van der Waals surface area contributed by atoms with E-state index in [1.54, 1.807) is 0 Å². The molecule has 4 heteroatoms. The van der Waals surface area contributed by atoms with Gasteiger partial charge in [0.05, 0.1) is 11.5 Å². The van der Waals surface area contributed by atoms with Gasteiger partial charge in [0.15, 0.2) is 5.82 Å². The van der Waals surface area contributed by atoms with Crippen molar-refractivity contribution in [2.24, 2.45) is 15.4 Å². The Morgan fingerprint density at radius 3 is 2.93 bits per heavy atom. The minimum absolute atomic E-state index is 0.0581. The molecule has 0 spiro atoms. The van der Waals surface area contributed by atoms with E-state index in [0.29, 0.717) is 11.6 Å². The lowest BCUT2D eigenvalue weighted by Crippen LogP contribution is -2.07. The molecule has 15 heavy (non-hydrogen) atoms. The van der Waals surface area contributed by atoms with Gasteiger partial charge in [-0.2, -0.15) is 0 Å². The molecule has 0 aromatic rings. The van der Waals surface area contributed by atoms with Crippen molar-refractivity contribution in [2.45, 2.75) is 13.8 Å². The van der Waals surface area contributed by atoms with Crippen molar-refractivity contribution in [1.29, 1.82) is 0 Å². The van der Waals surface area contributed by atoms with Crippen LogP contribution in [0.1, 0.15) is 13.8 Å². The fraction of sp³-hybridized carbons (Fsp3) is 0.455. The molecule has 1 heterocycles. The van der Waals surface area contributed by atoms with Gasteiger partial charge in [-0.1, -0.05) is 19.9 Å². The van der Waals surface area contributed by atoms with Crippen molar-refractivity contribution in [3.8, 4) is 0 Å². The predicted molar refractivity (Wildman–Crippen MR) is 67.5 cm³/mol. The van der Waals surface area contributed by atoms with Gasteiger partial charge in [-0.15, -0.1) is 11.8 Å². The first-order valence-electron chi connectivity index (χ1n) is 4.78. The summed E-state index contributed by atoms with van der Waals surface area (Å²) in [5, 5.41) is 8.78. The van der Waals surface area contributed by atoms with Crippen LogP contribution in [0.25, 0.3) is 0 Å². The van der Waals surface area contributed by atoms with E-state index >= 15 is 0 Å². The van der Waals surface area contributed by atoms with Crippen molar-refractivity contribution < 1.29 is 5.11 Å². The molecule has 1 N–H and O–H groups in total. The van der Waals surface area contributed by atoms with Gasteiger partial charge in [-0.3, -0.25) is 0 Å². The van der Waals surface area contributed by atoms with E-state index in [0.717, 1.165) is 4.91 Å². The number of rotatable bonds is 4. The molecular formula is C11H16N2OS. The van der Waals surface area contributed by atoms with Crippen LogP contribution >= 0.6 is 11.8 Å². The van der Waals surface area contributed by atoms with Gasteiger partial charge in [0, 0.05) is 17.4 Å². The Hall–Kier alpha value is -0.870. The smallest absolute Gasteiger partial charge is 0.164 e. The van der Waals surface area contributed by atoms with Gasteiger partial charge in [-0.25, -0.2) is 9.98 Å². The third-order valence-corrected chi connectivity index (χ3v) is 2.92. The molecule has 1 rings (SSSR count). The molecule has 0 saturated carbocycles. The molecule has 0 aromatic carbocycles. The molecular weight excluding hydrogens is 208 g/mol. The minimum atomic E-state index is -0.0581. The number of thioether (sulfide) groups is 1. The summed E-state index contributed by atoms with van der Waals surface area (Å²) < 4.78 is 0. The summed E-state index contributed by atoms with van der Waals surface area (Å²) in [6, 6.07) is 0. The maximum atomic E-state index is 8.78. The van der Waals surface area contributed by atoms with Crippen LogP contribution in [0.15, 0.2) is 32.9 Å². The Morgan fingerprint density at radius 1 is 1.60 bits per heavy atom. The summed E-state index contributed by atoms with van der Waals surface area (Å²) >= 11 is 1.54. The highest BCUT2D eigenvalue weighted by Crippen LogP contribution is 2.28. The Balaban J connectivity index is 2.92. The lowest BCUT2D eigenvalue weighted by atomic mass is 9.95. The standard InChI is InChI=1S/C11H16N2OS/c1-11(2)5-4-9(15-7-6-14)10(12-3)13-8-11/h4-5,8,14H,3,6-7H2,1-2H3. The number of hydrogen-bond acceptors (Lipinski definition) is 4. The van der Waals surface area contributed by atoms with E-state index in [1.807, 2.05) is 12.3 Å². The number of allylic oxidation sites excluding steroid dienone is 2. The summed E-state index contributed by atoms with van der Waals surface area (Å²) in [6.07, 6.45) is 5.94. The van der Waals surface area contributed by atoms with E-state index < -0.39 is 0 Å². The highest BCUT2D eigenvalue weighted by atomic mass is 32.2. The van der Waals surface area contributed by atoms with Crippen LogP contribution in [0.4, 0.5) is 0 Å². The number of aliphatic hydroxyl groups excluding tert-OH is 1. The Morgan fingerprint density at radius 2 is 2.33 bits per heavy atom. The van der Waals surface area contributed by atoms with Crippen molar-refractivity contribution in [3.63, 3.8) is 0 Å². The van der Waals surface area contributed by atoms with Crippen LogP contribution in [0.2, 0.25) is 0 Å². The van der Waals surface area contributed by atoms with Crippen molar-refractivity contribution >= 4 is 24.7 Å². The molecule has 0 saturated heterocycles. The van der Waals surface area contributed by atoms with Gasteiger partial charge in [-0.05, 0) is 12.8 Å². The van der Waals surface area contributed by atoms with Crippen LogP contribution in [0, 0.1) is 5.41 Å². The normalized spacial score (nSPS) is 19.1. The molecule has 0 fully saturated rings. The third-order valence-electron chi connectivity index (χ3n) is 1.90. The average Bonchev–Trinajstić information content (AvgIpc) is 2.34. The Kier molecular flexibility index (Phi) is 4.29. The predicted octanol–water partition coefficient (Wildman–Crippen LogP) is 2.25. The number of hydrogen-bond donors (Lipinski definition) is 1. The molecule has 0 bridgehead atoms. The molecule has 1 aliphatic rings. The first-order valence-corrected chi connectivity index (χ1v) is 5.77. The maximum Gasteiger partial charge on any atom is 0.164 e.